The molecule has 1 atom stereocenters. The van der Waals surface area contributed by atoms with Gasteiger partial charge in [-0.05, 0) is 29.7 Å². The van der Waals surface area contributed by atoms with E-state index in [1.165, 1.54) is 12.1 Å². The molecule has 0 saturated heterocycles. The van der Waals surface area contributed by atoms with Crippen molar-refractivity contribution in [1.29, 1.82) is 0 Å². The Labute approximate surface area is 85.8 Å². The van der Waals surface area contributed by atoms with Crippen molar-refractivity contribution in [2.45, 2.75) is 12.8 Å². The maximum Gasteiger partial charge on any atom is 0.123 e. The van der Waals surface area contributed by atoms with Crippen LogP contribution in [0, 0.1) is 5.82 Å². The Morgan fingerprint density at radius 3 is 2.93 bits per heavy atom. The molecule has 0 spiro atoms. The fourth-order valence-electron chi connectivity index (χ4n) is 1.37. The second kappa shape index (κ2) is 3.67. The van der Waals surface area contributed by atoms with Crippen LogP contribution in [0.25, 0.3) is 10.1 Å². The van der Waals surface area contributed by atoms with Crippen LogP contribution in [0.1, 0.15) is 17.7 Å². The summed E-state index contributed by atoms with van der Waals surface area (Å²) < 4.78 is 14.0. The van der Waals surface area contributed by atoms with Crippen LogP contribution in [0.3, 0.4) is 0 Å². The zero-order valence-electron chi connectivity index (χ0n) is 7.83. The Bertz CT molecular complexity index is 449. The van der Waals surface area contributed by atoms with Gasteiger partial charge in [0.2, 0.25) is 0 Å². The first kappa shape index (κ1) is 9.62. The van der Waals surface area contributed by atoms with E-state index in [2.05, 4.69) is 0 Å². The van der Waals surface area contributed by atoms with Crippen molar-refractivity contribution < 1.29 is 9.50 Å². The Kier molecular flexibility index (Phi) is 2.52. The molecule has 1 nitrogen and oxygen atoms in total. The number of hydrogen-bond acceptors (Lipinski definition) is 2. The molecule has 0 aliphatic carbocycles. The lowest BCUT2D eigenvalue weighted by Crippen LogP contribution is -1.94. The lowest BCUT2D eigenvalue weighted by molar-refractivity contribution is 0.274. The third-order valence-electron chi connectivity index (χ3n) is 2.26. The minimum absolute atomic E-state index is 0.134. The minimum atomic E-state index is -0.210. The number of rotatable bonds is 2. The van der Waals surface area contributed by atoms with Gasteiger partial charge in [0.05, 0.1) is 6.61 Å². The number of aliphatic hydroxyl groups is 1. The zero-order valence-corrected chi connectivity index (χ0v) is 8.64. The molecule has 2 aromatic rings. The molecule has 0 radical (unpaired) electrons. The largest absolute Gasteiger partial charge is 0.396 e. The molecule has 1 aromatic carbocycles. The molecule has 2 rings (SSSR count). The smallest absolute Gasteiger partial charge is 0.123 e. The van der Waals surface area contributed by atoms with Gasteiger partial charge in [-0.25, -0.2) is 4.39 Å². The van der Waals surface area contributed by atoms with Crippen molar-refractivity contribution in [3.05, 3.63) is 35.0 Å². The van der Waals surface area contributed by atoms with E-state index in [9.17, 15) is 4.39 Å². The van der Waals surface area contributed by atoms with Crippen LogP contribution in [-0.4, -0.2) is 11.7 Å². The summed E-state index contributed by atoms with van der Waals surface area (Å²) >= 11 is 1.61. The molecule has 0 amide bonds. The molecule has 1 heterocycles. The first-order valence-electron chi connectivity index (χ1n) is 4.50. The fourth-order valence-corrected chi connectivity index (χ4v) is 2.45. The Balaban J connectivity index is 2.51. The van der Waals surface area contributed by atoms with E-state index >= 15 is 0 Å². The molecular weight excluding hydrogens is 199 g/mol. The summed E-state index contributed by atoms with van der Waals surface area (Å²) in [6, 6.07) is 6.72. The number of hydrogen-bond donors (Lipinski definition) is 1. The van der Waals surface area contributed by atoms with Crippen LogP contribution in [0.2, 0.25) is 0 Å². The lowest BCUT2D eigenvalue weighted by atomic mass is 10.1. The van der Waals surface area contributed by atoms with Gasteiger partial charge in [0.25, 0.3) is 0 Å². The second-order valence-electron chi connectivity index (χ2n) is 3.41. The lowest BCUT2D eigenvalue weighted by Gasteiger charge is -2.01. The molecule has 0 aliphatic rings. The quantitative estimate of drug-likeness (QED) is 0.807. The standard InChI is InChI=1S/C11H11FOS/c1-7(6-13)11-5-8-4-9(12)2-3-10(8)14-11/h2-5,7,13H,6H2,1H3. The normalized spacial score (nSPS) is 13.4. The van der Waals surface area contributed by atoms with Gasteiger partial charge in [-0.15, -0.1) is 11.3 Å². The van der Waals surface area contributed by atoms with Crippen molar-refractivity contribution in [3.8, 4) is 0 Å². The summed E-state index contributed by atoms with van der Waals surface area (Å²) in [5, 5.41) is 9.92. The molecule has 1 N–H and O–H groups in total. The molecular formula is C11H11FOS. The summed E-state index contributed by atoms with van der Waals surface area (Å²) in [4.78, 5) is 1.10. The van der Waals surface area contributed by atoms with Crippen molar-refractivity contribution in [2.24, 2.45) is 0 Å². The summed E-state index contributed by atoms with van der Waals surface area (Å²) in [6.07, 6.45) is 0. The molecule has 1 aromatic heterocycles. The number of thiophene rings is 1. The van der Waals surface area contributed by atoms with Gasteiger partial charge < -0.3 is 5.11 Å². The van der Waals surface area contributed by atoms with Gasteiger partial charge >= 0.3 is 0 Å². The van der Waals surface area contributed by atoms with Crippen LogP contribution in [0.4, 0.5) is 4.39 Å². The summed E-state index contributed by atoms with van der Waals surface area (Å²) in [7, 11) is 0. The second-order valence-corrected chi connectivity index (χ2v) is 4.53. The van der Waals surface area contributed by atoms with E-state index in [0.717, 1.165) is 15.0 Å². The molecule has 0 bridgehead atoms. The Morgan fingerprint density at radius 1 is 1.43 bits per heavy atom. The zero-order chi connectivity index (χ0) is 10.1. The maximum absolute atomic E-state index is 12.9. The molecule has 74 valence electrons. The fraction of sp³-hybridized carbons (Fsp3) is 0.273. The van der Waals surface area contributed by atoms with Crippen LogP contribution in [0.15, 0.2) is 24.3 Å². The molecule has 0 aliphatic heterocycles. The number of aliphatic hydroxyl groups excluding tert-OH is 1. The van der Waals surface area contributed by atoms with Crippen LogP contribution in [-0.2, 0) is 0 Å². The average molecular weight is 210 g/mol. The third-order valence-corrected chi connectivity index (χ3v) is 3.60. The van der Waals surface area contributed by atoms with Gasteiger partial charge in [0.15, 0.2) is 0 Å². The van der Waals surface area contributed by atoms with Crippen molar-refractivity contribution in [1.82, 2.24) is 0 Å². The minimum Gasteiger partial charge on any atom is -0.396 e. The van der Waals surface area contributed by atoms with E-state index in [1.54, 1.807) is 17.4 Å². The van der Waals surface area contributed by atoms with Crippen LogP contribution >= 0.6 is 11.3 Å². The van der Waals surface area contributed by atoms with Crippen LogP contribution < -0.4 is 0 Å². The highest BCUT2D eigenvalue weighted by atomic mass is 32.1. The average Bonchev–Trinajstić information content (AvgIpc) is 2.59. The number of benzene rings is 1. The first-order chi connectivity index (χ1) is 6.70. The van der Waals surface area contributed by atoms with Crippen molar-refractivity contribution in [3.63, 3.8) is 0 Å². The van der Waals surface area contributed by atoms with Crippen LogP contribution in [0.5, 0.6) is 0 Å². The highest BCUT2D eigenvalue weighted by Crippen LogP contribution is 2.30. The van der Waals surface area contributed by atoms with E-state index in [4.69, 9.17) is 5.11 Å². The predicted octanol–water partition coefficient (Wildman–Crippen LogP) is 3.14. The van der Waals surface area contributed by atoms with Gasteiger partial charge in [-0.1, -0.05) is 6.92 Å². The Hall–Kier alpha value is -0.930. The van der Waals surface area contributed by atoms with Crippen molar-refractivity contribution in [2.75, 3.05) is 6.61 Å². The van der Waals surface area contributed by atoms with E-state index < -0.39 is 0 Å². The molecule has 0 saturated carbocycles. The monoisotopic (exact) mass is 210 g/mol. The van der Waals surface area contributed by atoms with E-state index in [0.29, 0.717) is 0 Å². The van der Waals surface area contributed by atoms with E-state index in [1.807, 2.05) is 13.0 Å². The van der Waals surface area contributed by atoms with Crippen molar-refractivity contribution >= 4 is 21.4 Å². The summed E-state index contributed by atoms with van der Waals surface area (Å²) in [5.74, 6) is -0.0750. The molecule has 1 unspecified atom stereocenters. The SMILES string of the molecule is CC(CO)c1cc2cc(F)ccc2s1. The highest BCUT2D eigenvalue weighted by molar-refractivity contribution is 7.19. The number of fused-ring (bicyclic) bond motifs is 1. The molecule has 14 heavy (non-hydrogen) atoms. The predicted molar refractivity (Wildman–Crippen MR) is 57.3 cm³/mol. The molecule has 0 fully saturated rings. The van der Waals surface area contributed by atoms with E-state index in [-0.39, 0.29) is 18.3 Å². The third kappa shape index (κ3) is 1.65. The maximum atomic E-state index is 12.9. The summed E-state index contributed by atoms with van der Waals surface area (Å²) in [5.41, 5.74) is 0. The van der Waals surface area contributed by atoms with Gasteiger partial charge in [-0.3, -0.25) is 0 Å². The molecule has 3 heteroatoms. The first-order valence-corrected chi connectivity index (χ1v) is 5.32. The topological polar surface area (TPSA) is 20.2 Å². The van der Waals surface area contributed by atoms with Gasteiger partial charge in [0, 0.05) is 15.5 Å². The highest BCUT2D eigenvalue weighted by Gasteiger charge is 2.08. The van der Waals surface area contributed by atoms with Gasteiger partial charge in [0.1, 0.15) is 5.82 Å². The number of halogens is 1. The van der Waals surface area contributed by atoms with Gasteiger partial charge in [-0.2, -0.15) is 0 Å². The Morgan fingerprint density at radius 2 is 2.21 bits per heavy atom. The summed E-state index contributed by atoms with van der Waals surface area (Å²) in [6.45, 7) is 2.09.